The smallest absolute Gasteiger partial charge is 0.331 e. The fourth-order valence-electron chi connectivity index (χ4n) is 1.28. The summed E-state index contributed by atoms with van der Waals surface area (Å²) < 4.78 is 13.4. The highest BCUT2D eigenvalue weighted by molar-refractivity contribution is 6.32. The van der Waals surface area contributed by atoms with Gasteiger partial charge in [0.15, 0.2) is 0 Å². The Bertz CT molecular complexity index is 418. The molecule has 86 valence electrons. The van der Waals surface area contributed by atoms with Crippen molar-refractivity contribution < 1.29 is 14.3 Å². The summed E-state index contributed by atoms with van der Waals surface area (Å²) in [6, 6.07) is 4.25. The van der Waals surface area contributed by atoms with Gasteiger partial charge in [0.25, 0.3) is 0 Å². The van der Waals surface area contributed by atoms with Crippen LogP contribution in [0.25, 0.3) is 6.08 Å². The number of aliphatic carboxylic acids is 1. The van der Waals surface area contributed by atoms with E-state index in [9.17, 15) is 9.18 Å². The van der Waals surface area contributed by atoms with Gasteiger partial charge in [-0.25, -0.2) is 9.18 Å². The lowest BCUT2D eigenvalue weighted by Gasteiger charge is -2.07. The van der Waals surface area contributed by atoms with Crippen LogP contribution in [-0.4, -0.2) is 11.1 Å². The molecular formula is C12H12ClFO2. The summed E-state index contributed by atoms with van der Waals surface area (Å²) in [5.74, 6) is -1.78. The predicted octanol–water partition coefficient (Wildman–Crippen LogP) is 3.60. The molecule has 1 aromatic rings. The molecule has 16 heavy (non-hydrogen) atoms. The molecule has 2 nitrogen and oxygen atoms in total. The summed E-state index contributed by atoms with van der Waals surface area (Å²) in [7, 11) is 0. The lowest BCUT2D eigenvalue weighted by atomic mass is 10.0. The fraction of sp³-hybridized carbons (Fsp3) is 0.250. The Hall–Kier alpha value is -1.35. The van der Waals surface area contributed by atoms with E-state index in [0.717, 1.165) is 0 Å². The van der Waals surface area contributed by atoms with Crippen LogP contribution >= 0.6 is 11.6 Å². The van der Waals surface area contributed by atoms with Gasteiger partial charge in [0.1, 0.15) is 5.82 Å². The number of carboxylic acid groups (broad SMARTS) is 1. The Kier molecular flexibility index (Phi) is 4.07. The summed E-state index contributed by atoms with van der Waals surface area (Å²) in [6.45, 7) is 3.46. The highest BCUT2D eigenvalue weighted by Gasteiger charge is 2.14. The lowest BCUT2D eigenvalue weighted by Crippen LogP contribution is -2.07. The molecule has 0 saturated heterocycles. The maximum atomic E-state index is 13.4. The van der Waals surface area contributed by atoms with Gasteiger partial charge in [-0.1, -0.05) is 31.5 Å². The summed E-state index contributed by atoms with van der Waals surface area (Å²) in [5.41, 5.74) is 0.252. The van der Waals surface area contributed by atoms with Crippen molar-refractivity contribution in [2.45, 2.75) is 13.8 Å². The predicted molar refractivity (Wildman–Crippen MR) is 61.9 cm³/mol. The SMILES string of the molecule is CC(C)/C(=C\c1c(F)cccc1Cl)C(=O)O. The molecule has 0 aliphatic heterocycles. The van der Waals surface area contributed by atoms with Gasteiger partial charge in [-0.2, -0.15) is 0 Å². The molecule has 0 aromatic heterocycles. The van der Waals surface area contributed by atoms with Crippen LogP contribution in [0.15, 0.2) is 23.8 Å². The van der Waals surface area contributed by atoms with Crippen LogP contribution in [0, 0.1) is 11.7 Å². The molecule has 0 bridgehead atoms. The zero-order valence-corrected chi connectivity index (χ0v) is 9.75. The third-order valence-electron chi connectivity index (χ3n) is 2.17. The van der Waals surface area contributed by atoms with Crippen molar-refractivity contribution in [2.75, 3.05) is 0 Å². The Labute approximate surface area is 98.4 Å². The van der Waals surface area contributed by atoms with Crippen LogP contribution in [0.3, 0.4) is 0 Å². The Morgan fingerprint density at radius 2 is 2.12 bits per heavy atom. The maximum absolute atomic E-state index is 13.4. The first-order chi connectivity index (χ1) is 7.43. The molecule has 0 amide bonds. The van der Waals surface area contributed by atoms with Crippen molar-refractivity contribution in [1.82, 2.24) is 0 Å². The highest BCUT2D eigenvalue weighted by Crippen LogP contribution is 2.24. The standard InChI is InChI=1S/C12H12ClFO2/c1-7(2)8(12(15)16)6-9-10(13)4-3-5-11(9)14/h3-7H,1-2H3,(H,15,16)/b8-6+. The monoisotopic (exact) mass is 242 g/mol. The van der Waals surface area contributed by atoms with E-state index in [4.69, 9.17) is 16.7 Å². The number of benzene rings is 1. The maximum Gasteiger partial charge on any atom is 0.331 e. The molecule has 0 heterocycles. The van der Waals surface area contributed by atoms with Crippen molar-refractivity contribution in [3.8, 4) is 0 Å². The third-order valence-corrected chi connectivity index (χ3v) is 2.50. The molecular weight excluding hydrogens is 231 g/mol. The molecule has 0 saturated carbocycles. The number of carboxylic acids is 1. The summed E-state index contributed by atoms with van der Waals surface area (Å²) in [4.78, 5) is 10.9. The molecule has 4 heteroatoms. The second-order valence-electron chi connectivity index (χ2n) is 3.69. The molecule has 0 aliphatic carbocycles. The Morgan fingerprint density at radius 1 is 1.50 bits per heavy atom. The van der Waals surface area contributed by atoms with Crippen LogP contribution in [0.2, 0.25) is 5.02 Å². The highest BCUT2D eigenvalue weighted by atomic mass is 35.5. The van der Waals surface area contributed by atoms with E-state index in [2.05, 4.69) is 0 Å². The molecule has 0 unspecified atom stereocenters. The molecule has 0 radical (unpaired) electrons. The summed E-state index contributed by atoms with van der Waals surface area (Å²) in [5, 5.41) is 9.16. The van der Waals surface area contributed by atoms with Crippen LogP contribution < -0.4 is 0 Å². The van der Waals surface area contributed by atoms with E-state index in [0.29, 0.717) is 0 Å². The van der Waals surface area contributed by atoms with Gasteiger partial charge < -0.3 is 5.11 Å². The average Bonchev–Trinajstić information content (AvgIpc) is 2.15. The van der Waals surface area contributed by atoms with E-state index < -0.39 is 11.8 Å². The average molecular weight is 243 g/mol. The molecule has 0 spiro atoms. The first-order valence-electron chi connectivity index (χ1n) is 4.82. The third kappa shape index (κ3) is 2.83. The number of hydrogen-bond acceptors (Lipinski definition) is 1. The topological polar surface area (TPSA) is 37.3 Å². The van der Waals surface area contributed by atoms with Crippen LogP contribution in [0.1, 0.15) is 19.4 Å². The van der Waals surface area contributed by atoms with Gasteiger partial charge in [0.05, 0.1) is 5.02 Å². The second-order valence-corrected chi connectivity index (χ2v) is 4.10. The molecule has 1 rings (SSSR count). The van der Waals surface area contributed by atoms with Gasteiger partial charge in [-0.05, 0) is 24.1 Å². The normalized spacial score (nSPS) is 11.9. The Morgan fingerprint density at radius 3 is 2.56 bits per heavy atom. The van der Waals surface area contributed by atoms with Gasteiger partial charge in [-0.3, -0.25) is 0 Å². The molecule has 0 atom stereocenters. The van der Waals surface area contributed by atoms with Crippen molar-refractivity contribution in [2.24, 2.45) is 5.92 Å². The molecule has 1 N–H and O–H groups in total. The molecule has 1 aromatic carbocycles. The van der Waals surface area contributed by atoms with E-state index in [1.165, 1.54) is 24.3 Å². The Balaban J connectivity index is 3.28. The molecule has 0 fully saturated rings. The zero-order valence-electron chi connectivity index (χ0n) is 9.00. The van der Waals surface area contributed by atoms with Gasteiger partial charge in [0, 0.05) is 11.1 Å². The largest absolute Gasteiger partial charge is 0.478 e. The minimum absolute atomic E-state index is 0.121. The van der Waals surface area contributed by atoms with Crippen LogP contribution in [0.5, 0.6) is 0 Å². The first kappa shape index (κ1) is 12.7. The quantitative estimate of drug-likeness (QED) is 0.823. The van der Waals surface area contributed by atoms with Crippen molar-refractivity contribution in [3.05, 3.63) is 40.2 Å². The van der Waals surface area contributed by atoms with E-state index in [1.54, 1.807) is 13.8 Å². The fourth-order valence-corrected chi connectivity index (χ4v) is 1.50. The summed E-state index contributed by atoms with van der Waals surface area (Å²) >= 11 is 5.81. The van der Waals surface area contributed by atoms with E-state index in [-0.39, 0.29) is 22.1 Å². The van der Waals surface area contributed by atoms with Crippen molar-refractivity contribution in [1.29, 1.82) is 0 Å². The minimum Gasteiger partial charge on any atom is -0.478 e. The summed E-state index contributed by atoms with van der Waals surface area (Å²) in [6.07, 6.45) is 1.28. The minimum atomic E-state index is -1.06. The first-order valence-corrected chi connectivity index (χ1v) is 5.20. The van der Waals surface area contributed by atoms with Crippen molar-refractivity contribution >= 4 is 23.6 Å². The van der Waals surface area contributed by atoms with E-state index >= 15 is 0 Å². The lowest BCUT2D eigenvalue weighted by molar-refractivity contribution is -0.133. The number of halogens is 2. The number of carbonyl (C=O) groups is 1. The van der Waals surface area contributed by atoms with Crippen LogP contribution in [0.4, 0.5) is 4.39 Å². The second kappa shape index (κ2) is 5.12. The number of rotatable bonds is 3. The van der Waals surface area contributed by atoms with Crippen molar-refractivity contribution in [3.63, 3.8) is 0 Å². The van der Waals surface area contributed by atoms with Gasteiger partial charge in [-0.15, -0.1) is 0 Å². The molecule has 0 aliphatic rings. The van der Waals surface area contributed by atoms with Crippen LogP contribution in [-0.2, 0) is 4.79 Å². The van der Waals surface area contributed by atoms with Gasteiger partial charge in [0.2, 0.25) is 0 Å². The number of hydrogen-bond donors (Lipinski definition) is 1. The van der Waals surface area contributed by atoms with E-state index in [1.807, 2.05) is 0 Å². The zero-order chi connectivity index (χ0) is 12.3. The van der Waals surface area contributed by atoms with Gasteiger partial charge >= 0.3 is 5.97 Å².